The van der Waals surface area contributed by atoms with Crippen molar-refractivity contribution in [1.29, 1.82) is 0 Å². The Bertz CT molecular complexity index is 554. The number of aryl methyl sites for hydroxylation is 1. The normalized spacial score (nSPS) is 19.8. The van der Waals surface area contributed by atoms with E-state index in [0.29, 0.717) is 0 Å². The zero-order valence-electron chi connectivity index (χ0n) is 12.5. The Morgan fingerprint density at radius 2 is 2.33 bits per heavy atom. The SMILES string of the molecule is Cc1cnn(C[C@@H]2CN(CCc3ccccn3)CCO2)c1. The molecule has 1 saturated heterocycles. The summed E-state index contributed by atoms with van der Waals surface area (Å²) in [5, 5.41) is 4.34. The van der Waals surface area contributed by atoms with Crippen molar-refractivity contribution >= 4 is 0 Å². The molecule has 1 atom stereocenters. The Kier molecular flexibility index (Phi) is 4.62. The Morgan fingerprint density at radius 1 is 1.38 bits per heavy atom. The van der Waals surface area contributed by atoms with Crippen LogP contribution >= 0.6 is 0 Å². The van der Waals surface area contributed by atoms with E-state index in [1.807, 2.05) is 29.2 Å². The third-order valence-electron chi connectivity index (χ3n) is 3.79. The van der Waals surface area contributed by atoms with Gasteiger partial charge in [0.1, 0.15) is 0 Å². The third-order valence-corrected chi connectivity index (χ3v) is 3.79. The fourth-order valence-corrected chi connectivity index (χ4v) is 2.69. The van der Waals surface area contributed by atoms with Gasteiger partial charge in [0.05, 0.1) is 25.5 Å². The average Bonchev–Trinajstić information content (AvgIpc) is 2.92. The maximum absolute atomic E-state index is 5.86. The van der Waals surface area contributed by atoms with Crippen LogP contribution in [0.1, 0.15) is 11.3 Å². The number of morpholine rings is 1. The molecule has 0 bridgehead atoms. The minimum absolute atomic E-state index is 0.224. The lowest BCUT2D eigenvalue weighted by Gasteiger charge is -2.32. The van der Waals surface area contributed by atoms with Crippen LogP contribution in [0.15, 0.2) is 36.8 Å². The number of nitrogens with zero attached hydrogens (tertiary/aromatic N) is 4. The smallest absolute Gasteiger partial charge is 0.0898 e. The van der Waals surface area contributed by atoms with Crippen molar-refractivity contribution in [2.45, 2.75) is 26.0 Å². The van der Waals surface area contributed by atoms with E-state index < -0.39 is 0 Å². The molecule has 21 heavy (non-hydrogen) atoms. The molecule has 2 aromatic heterocycles. The summed E-state index contributed by atoms with van der Waals surface area (Å²) in [5.74, 6) is 0. The van der Waals surface area contributed by atoms with E-state index in [-0.39, 0.29) is 6.10 Å². The maximum atomic E-state index is 5.86. The van der Waals surface area contributed by atoms with Crippen LogP contribution in [-0.2, 0) is 17.7 Å². The zero-order valence-corrected chi connectivity index (χ0v) is 12.5. The summed E-state index contributed by atoms with van der Waals surface area (Å²) < 4.78 is 7.83. The topological polar surface area (TPSA) is 43.2 Å². The van der Waals surface area contributed by atoms with Crippen LogP contribution in [0.4, 0.5) is 0 Å². The second-order valence-electron chi connectivity index (χ2n) is 5.60. The Morgan fingerprint density at radius 3 is 3.10 bits per heavy atom. The standard InChI is InChI=1S/C16H22N4O/c1-14-10-18-20(11-14)13-16-12-19(8-9-21-16)7-5-15-4-2-3-6-17-15/h2-4,6,10-11,16H,5,7-9,12-13H2,1H3/t16-/m0/s1. The largest absolute Gasteiger partial charge is 0.374 e. The van der Waals surface area contributed by atoms with Gasteiger partial charge in [-0.15, -0.1) is 0 Å². The van der Waals surface area contributed by atoms with Gasteiger partial charge in [0, 0.05) is 44.1 Å². The second-order valence-corrected chi connectivity index (χ2v) is 5.60. The molecule has 1 fully saturated rings. The highest BCUT2D eigenvalue weighted by molar-refractivity contribution is 5.04. The van der Waals surface area contributed by atoms with Gasteiger partial charge < -0.3 is 4.74 Å². The predicted octanol–water partition coefficient (Wildman–Crippen LogP) is 1.53. The minimum atomic E-state index is 0.224. The van der Waals surface area contributed by atoms with Crippen LogP contribution in [0, 0.1) is 6.92 Å². The summed E-state index contributed by atoms with van der Waals surface area (Å²) in [5.41, 5.74) is 2.35. The molecule has 0 aromatic carbocycles. The molecule has 0 spiro atoms. The number of rotatable bonds is 5. The van der Waals surface area contributed by atoms with Crippen molar-refractivity contribution in [3.05, 3.63) is 48.0 Å². The first-order valence-corrected chi connectivity index (χ1v) is 7.52. The lowest BCUT2D eigenvalue weighted by Crippen LogP contribution is -2.45. The summed E-state index contributed by atoms with van der Waals surface area (Å²) in [6, 6.07) is 6.09. The van der Waals surface area contributed by atoms with Crippen molar-refractivity contribution in [2.24, 2.45) is 0 Å². The fourth-order valence-electron chi connectivity index (χ4n) is 2.69. The monoisotopic (exact) mass is 286 g/mol. The molecule has 3 heterocycles. The molecular formula is C16H22N4O. The number of aromatic nitrogens is 3. The number of hydrogen-bond acceptors (Lipinski definition) is 4. The van der Waals surface area contributed by atoms with Gasteiger partial charge in [0.2, 0.25) is 0 Å². The first kappa shape index (κ1) is 14.2. The van der Waals surface area contributed by atoms with Crippen molar-refractivity contribution in [1.82, 2.24) is 19.7 Å². The molecule has 0 N–H and O–H groups in total. The Labute approximate surface area is 125 Å². The molecule has 0 amide bonds. The quantitative estimate of drug-likeness (QED) is 0.836. The van der Waals surface area contributed by atoms with Crippen molar-refractivity contribution in [3.8, 4) is 0 Å². The second kappa shape index (κ2) is 6.83. The molecule has 0 radical (unpaired) electrons. The van der Waals surface area contributed by atoms with Gasteiger partial charge in [-0.2, -0.15) is 5.10 Å². The van der Waals surface area contributed by atoms with Gasteiger partial charge in [-0.25, -0.2) is 0 Å². The van der Waals surface area contributed by atoms with Crippen molar-refractivity contribution < 1.29 is 4.74 Å². The van der Waals surface area contributed by atoms with Gasteiger partial charge >= 0.3 is 0 Å². The summed E-state index contributed by atoms with van der Waals surface area (Å²) >= 11 is 0. The lowest BCUT2D eigenvalue weighted by molar-refractivity contribution is -0.0371. The molecule has 0 unspecified atom stereocenters. The molecule has 3 rings (SSSR count). The van der Waals surface area contributed by atoms with Crippen LogP contribution in [0.2, 0.25) is 0 Å². The number of pyridine rings is 1. The van der Waals surface area contributed by atoms with Crippen LogP contribution in [-0.4, -0.2) is 52.0 Å². The number of ether oxygens (including phenoxy) is 1. The van der Waals surface area contributed by atoms with Crippen molar-refractivity contribution in [2.75, 3.05) is 26.2 Å². The summed E-state index contributed by atoms with van der Waals surface area (Å²) in [6.45, 7) is 6.69. The van der Waals surface area contributed by atoms with Gasteiger partial charge in [-0.05, 0) is 24.6 Å². The van der Waals surface area contributed by atoms with Crippen LogP contribution in [0.3, 0.4) is 0 Å². The Hall–Kier alpha value is -1.72. The molecule has 5 heteroatoms. The summed E-state index contributed by atoms with van der Waals surface area (Å²) in [6.07, 6.45) is 7.03. The van der Waals surface area contributed by atoms with Gasteiger partial charge in [-0.1, -0.05) is 6.07 Å². The van der Waals surface area contributed by atoms with Gasteiger partial charge in [0.25, 0.3) is 0 Å². The van der Waals surface area contributed by atoms with Crippen LogP contribution < -0.4 is 0 Å². The van der Waals surface area contributed by atoms with Crippen molar-refractivity contribution in [3.63, 3.8) is 0 Å². The first-order chi connectivity index (χ1) is 10.3. The summed E-state index contributed by atoms with van der Waals surface area (Å²) in [4.78, 5) is 6.84. The number of hydrogen-bond donors (Lipinski definition) is 0. The highest BCUT2D eigenvalue weighted by Gasteiger charge is 2.20. The Balaban J connectivity index is 1.49. The molecule has 0 aliphatic carbocycles. The zero-order chi connectivity index (χ0) is 14.5. The molecular weight excluding hydrogens is 264 g/mol. The third kappa shape index (κ3) is 4.12. The van der Waals surface area contributed by atoms with Gasteiger partial charge in [-0.3, -0.25) is 14.6 Å². The van der Waals surface area contributed by atoms with E-state index in [1.165, 1.54) is 5.56 Å². The van der Waals surface area contributed by atoms with E-state index in [1.54, 1.807) is 0 Å². The highest BCUT2D eigenvalue weighted by Crippen LogP contribution is 2.09. The average molecular weight is 286 g/mol. The van der Waals surface area contributed by atoms with Crippen LogP contribution in [0.5, 0.6) is 0 Å². The highest BCUT2D eigenvalue weighted by atomic mass is 16.5. The molecule has 112 valence electrons. The maximum Gasteiger partial charge on any atom is 0.0898 e. The van der Waals surface area contributed by atoms with E-state index in [0.717, 1.165) is 44.9 Å². The fraction of sp³-hybridized carbons (Fsp3) is 0.500. The van der Waals surface area contributed by atoms with Gasteiger partial charge in [0.15, 0.2) is 0 Å². The van der Waals surface area contributed by atoms with E-state index in [2.05, 4.69) is 34.2 Å². The van der Waals surface area contributed by atoms with Crippen LogP contribution in [0.25, 0.3) is 0 Å². The molecule has 1 aliphatic rings. The predicted molar refractivity (Wildman–Crippen MR) is 81.1 cm³/mol. The molecule has 0 saturated carbocycles. The van der Waals surface area contributed by atoms with E-state index in [9.17, 15) is 0 Å². The minimum Gasteiger partial charge on any atom is -0.374 e. The summed E-state index contributed by atoms with van der Waals surface area (Å²) in [7, 11) is 0. The lowest BCUT2D eigenvalue weighted by atomic mass is 10.2. The molecule has 5 nitrogen and oxygen atoms in total. The molecule has 1 aliphatic heterocycles. The molecule has 2 aromatic rings. The van der Waals surface area contributed by atoms with E-state index in [4.69, 9.17) is 4.74 Å². The first-order valence-electron chi connectivity index (χ1n) is 7.52. The van der Waals surface area contributed by atoms with E-state index >= 15 is 0 Å².